The average molecular weight is 348 g/mol. The molecule has 0 unspecified atom stereocenters. The minimum atomic E-state index is 0.381. The zero-order valence-corrected chi connectivity index (χ0v) is 15.5. The van der Waals surface area contributed by atoms with E-state index in [1.807, 2.05) is 55.0 Å². The molecule has 3 aromatic rings. The van der Waals surface area contributed by atoms with Crippen molar-refractivity contribution in [2.45, 2.75) is 25.9 Å². The number of hydrogen-bond acceptors (Lipinski definition) is 5. The summed E-state index contributed by atoms with van der Waals surface area (Å²) in [7, 11) is 3.77. The largest absolute Gasteiger partial charge is 0.497 e. The van der Waals surface area contributed by atoms with Gasteiger partial charge in [0, 0.05) is 54.4 Å². The van der Waals surface area contributed by atoms with E-state index in [1.165, 1.54) is 0 Å². The molecule has 0 bridgehead atoms. The fourth-order valence-corrected chi connectivity index (χ4v) is 2.75. The van der Waals surface area contributed by atoms with Gasteiger partial charge in [-0.2, -0.15) is 0 Å². The standard InChI is InChI=1S/C21H24N4O/c1-16(12-19-6-4-5-11-22-19)25(2)15-17-13-23-21(24-14-17)18-7-9-20(26-3)10-8-18/h4-11,13-14,16H,12,15H2,1-3H3/t16-/m0/s1. The first-order chi connectivity index (χ1) is 12.7. The number of benzene rings is 1. The minimum Gasteiger partial charge on any atom is -0.497 e. The first kappa shape index (κ1) is 18.0. The van der Waals surface area contributed by atoms with Crippen LogP contribution in [0.4, 0.5) is 0 Å². The van der Waals surface area contributed by atoms with E-state index in [1.54, 1.807) is 7.11 Å². The van der Waals surface area contributed by atoms with Crippen molar-refractivity contribution in [3.05, 3.63) is 72.3 Å². The maximum Gasteiger partial charge on any atom is 0.159 e. The molecule has 3 rings (SSSR count). The van der Waals surface area contributed by atoms with E-state index in [0.29, 0.717) is 6.04 Å². The summed E-state index contributed by atoms with van der Waals surface area (Å²) in [6, 6.07) is 14.2. The number of ether oxygens (including phenoxy) is 1. The predicted molar refractivity (Wildman–Crippen MR) is 103 cm³/mol. The molecule has 0 aliphatic carbocycles. The van der Waals surface area contributed by atoms with Crippen molar-refractivity contribution in [1.29, 1.82) is 0 Å². The minimum absolute atomic E-state index is 0.381. The molecule has 0 aliphatic heterocycles. The van der Waals surface area contributed by atoms with E-state index >= 15 is 0 Å². The summed E-state index contributed by atoms with van der Waals surface area (Å²) < 4.78 is 5.18. The van der Waals surface area contributed by atoms with Crippen molar-refractivity contribution in [2.24, 2.45) is 0 Å². The lowest BCUT2D eigenvalue weighted by atomic mass is 10.1. The van der Waals surface area contributed by atoms with Crippen LogP contribution in [0.15, 0.2) is 61.1 Å². The quantitative estimate of drug-likeness (QED) is 0.653. The Morgan fingerprint density at radius 1 is 1.00 bits per heavy atom. The van der Waals surface area contributed by atoms with Gasteiger partial charge >= 0.3 is 0 Å². The van der Waals surface area contributed by atoms with Gasteiger partial charge < -0.3 is 4.74 Å². The topological polar surface area (TPSA) is 51.1 Å². The normalized spacial score (nSPS) is 12.2. The Bertz CT molecular complexity index is 804. The molecule has 2 heterocycles. The Balaban J connectivity index is 1.61. The van der Waals surface area contributed by atoms with Crippen molar-refractivity contribution >= 4 is 0 Å². The summed E-state index contributed by atoms with van der Waals surface area (Å²) in [6.07, 6.45) is 6.56. The molecule has 0 aliphatic rings. The fourth-order valence-electron chi connectivity index (χ4n) is 2.75. The SMILES string of the molecule is COc1ccc(-c2ncc(CN(C)[C@@H](C)Cc3ccccn3)cn2)cc1. The van der Waals surface area contributed by atoms with Gasteiger partial charge in [0.15, 0.2) is 5.82 Å². The highest BCUT2D eigenvalue weighted by Gasteiger charge is 2.12. The third-order valence-electron chi connectivity index (χ3n) is 4.47. The van der Waals surface area contributed by atoms with E-state index in [0.717, 1.165) is 41.4 Å². The predicted octanol–water partition coefficient (Wildman–Crippen LogP) is 3.61. The second-order valence-corrected chi connectivity index (χ2v) is 6.43. The summed E-state index contributed by atoms with van der Waals surface area (Å²) in [6.45, 7) is 3.01. The zero-order valence-electron chi connectivity index (χ0n) is 15.5. The van der Waals surface area contributed by atoms with Crippen LogP contribution in [-0.2, 0) is 13.0 Å². The number of likely N-dealkylation sites (N-methyl/N-ethyl adjacent to an activating group) is 1. The van der Waals surface area contributed by atoms with E-state index in [4.69, 9.17) is 4.74 Å². The molecule has 134 valence electrons. The van der Waals surface area contributed by atoms with E-state index in [2.05, 4.69) is 39.9 Å². The van der Waals surface area contributed by atoms with Crippen LogP contribution in [0.2, 0.25) is 0 Å². The van der Waals surface area contributed by atoms with E-state index in [9.17, 15) is 0 Å². The molecule has 1 atom stereocenters. The van der Waals surface area contributed by atoms with Crippen LogP contribution >= 0.6 is 0 Å². The summed E-state index contributed by atoms with van der Waals surface area (Å²) in [5.74, 6) is 1.55. The first-order valence-electron chi connectivity index (χ1n) is 8.71. The zero-order chi connectivity index (χ0) is 18.4. The average Bonchev–Trinajstić information content (AvgIpc) is 2.69. The molecule has 0 fully saturated rings. The number of methoxy groups -OCH3 is 1. The molecule has 0 saturated heterocycles. The number of pyridine rings is 1. The third-order valence-corrected chi connectivity index (χ3v) is 4.47. The van der Waals surface area contributed by atoms with Crippen molar-refractivity contribution in [3.63, 3.8) is 0 Å². The van der Waals surface area contributed by atoms with Gasteiger partial charge in [-0.1, -0.05) is 6.07 Å². The van der Waals surface area contributed by atoms with Gasteiger partial charge in [-0.3, -0.25) is 9.88 Å². The molecule has 5 nitrogen and oxygen atoms in total. The van der Waals surface area contributed by atoms with Gasteiger partial charge in [0.2, 0.25) is 0 Å². The Labute approximate surface area is 154 Å². The fraction of sp³-hybridized carbons (Fsp3) is 0.286. The van der Waals surface area contributed by atoms with Crippen LogP contribution in [0.5, 0.6) is 5.75 Å². The van der Waals surface area contributed by atoms with Crippen LogP contribution < -0.4 is 4.74 Å². The number of nitrogens with zero attached hydrogens (tertiary/aromatic N) is 4. The highest BCUT2D eigenvalue weighted by Crippen LogP contribution is 2.19. The Morgan fingerprint density at radius 3 is 2.35 bits per heavy atom. The lowest BCUT2D eigenvalue weighted by Crippen LogP contribution is -2.30. The van der Waals surface area contributed by atoms with Gasteiger partial charge in [0.05, 0.1) is 7.11 Å². The Hall–Kier alpha value is -2.79. The molecule has 0 spiro atoms. The maximum atomic E-state index is 5.18. The first-order valence-corrected chi connectivity index (χ1v) is 8.71. The van der Waals surface area contributed by atoms with Crippen LogP contribution in [0.25, 0.3) is 11.4 Å². The number of hydrogen-bond donors (Lipinski definition) is 0. The summed E-state index contributed by atoms with van der Waals surface area (Å²) in [5, 5.41) is 0. The number of rotatable bonds is 7. The van der Waals surface area contributed by atoms with Gasteiger partial charge in [-0.05, 0) is 50.4 Å². The molecule has 0 N–H and O–H groups in total. The van der Waals surface area contributed by atoms with Crippen LogP contribution in [0, 0.1) is 0 Å². The molecular formula is C21H24N4O. The Kier molecular flexibility index (Phi) is 5.92. The van der Waals surface area contributed by atoms with Gasteiger partial charge in [0.1, 0.15) is 5.75 Å². The van der Waals surface area contributed by atoms with Gasteiger partial charge in [-0.15, -0.1) is 0 Å². The molecule has 0 amide bonds. The summed E-state index contributed by atoms with van der Waals surface area (Å²) in [5.41, 5.74) is 3.19. The smallest absolute Gasteiger partial charge is 0.159 e. The third kappa shape index (κ3) is 4.64. The molecular weight excluding hydrogens is 324 g/mol. The van der Waals surface area contributed by atoms with Crippen molar-refractivity contribution in [2.75, 3.05) is 14.2 Å². The summed E-state index contributed by atoms with van der Waals surface area (Å²) in [4.78, 5) is 15.7. The highest BCUT2D eigenvalue weighted by molar-refractivity contribution is 5.55. The van der Waals surface area contributed by atoms with Crippen LogP contribution in [0.3, 0.4) is 0 Å². The molecule has 5 heteroatoms. The molecule has 0 saturated carbocycles. The van der Waals surface area contributed by atoms with E-state index < -0.39 is 0 Å². The monoisotopic (exact) mass is 348 g/mol. The van der Waals surface area contributed by atoms with E-state index in [-0.39, 0.29) is 0 Å². The number of aromatic nitrogens is 3. The van der Waals surface area contributed by atoms with Crippen LogP contribution in [-0.4, -0.2) is 40.1 Å². The lowest BCUT2D eigenvalue weighted by Gasteiger charge is -2.24. The lowest BCUT2D eigenvalue weighted by molar-refractivity contribution is 0.246. The van der Waals surface area contributed by atoms with Crippen molar-refractivity contribution in [1.82, 2.24) is 19.9 Å². The second kappa shape index (κ2) is 8.54. The molecule has 1 aromatic carbocycles. The van der Waals surface area contributed by atoms with Gasteiger partial charge in [-0.25, -0.2) is 9.97 Å². The van der Waals surface area contributed by atoms with Crippen molar-refractivity contribution < 1.29 is 4.74 Å². The van der Waals surface area contributed by atoms with Gasteiger partial charge in [0.25, 0.3) is 0 Å². The molecule has 2 aromatic heterocycles. The van der Waals surface area contributed by atoms with Crippen LogP contribution in [0.1, 0.15) is 18.2 Å². The summed E-state index contributed by atoms with van der Waals surface area (Å²) >= 11 is 0. The molecule has 26 heavy (non-hydrogen) atoms. The molecule has 0 radical (unpaired) electrons. The maximum absolute atomic E-state index is 5.18. The highest BCUT2D eigenvalue weighted by atomic mass is 16.5. The second-order valence-electron chi connectivity index (χ2n) is 6.43. The van der Waals surface area contributed by atoms with Crippen molar-refractivity contribution in [3.8, 4) is 17.1 Å². The Morgan fingerprint density at radius 2 is 1.73 bits per heavy atom.